The van der Waals surface area contributed by atoms with Crippen LogP contribution >= 0.6 is 0 Å². The normalized spacial score (nSPS) is 11.7. The van der Waals surface area contributed by atoms with Crippen molar-refractivity contribution in [3.63, 3.8) is 0 Å². The van der Waals surface area contributed by atoms with Gasteiger partial charge in [0.1, 0.15) is 17.8 Å². The molecule has 0 atom stereocenters. The van der Waals surface area contributed by atoms with Crippen LogP contribution in [0.1, 0.15) is 11.1 Å². The highest BCUT2D eigenvalue weighted by atomic mass is 14.8. The van der Waals surface area contributed by atoms with Gasteiger partial charge in [0.2, 0.25) is 0 Å². The van der Waals surface area contributed by atoms with Gasteiger partial charge in [-0.15, -0.1) is 0 Å². The molecule has 0 aromatic heterocycles. The van der Waals surface area contributed by atoms with Crippen LogP contribution < -0.4 is 5.73 Å². The molecule has 0 aliphatic rings. The molecule has 0 heterocycles. The number of benzene rings is 1. The highest BCUT2D eigenvalue weighted by Crippen LogP contribution is 2.05. The zero-order valence-electron chi connectivity index (χ0n) is 8.81. The van der Waals surface area contributed by atoms with Crippen molar-refractivity contribution in [1.82, 2.24) is 0 Å². The van der Waals surface area contributed by atoms with E-state index >= 15 is 0 Å². The zero-order valence-corrected chi connectivity index (χ0v) is 8.81. The van der Waals surface area contributed by atoms with Gasteiger partial charge in [-0.2, -0.15) is 10.5 Å². The fourth-order valence-corrected chi connectivity index (χ4v) is 1.08. The number of allylic oxidation sites excluding steroid dienone is 2. The number of aryl methyl sites for hydroxylation is 1. The van der Waals surface area contributed by atoms with Gasteiger partial charge >= 0.3 is 0 Å². The molecular weight excluding hydrogens is 200 g/mol. The summed E-state index contributed by atoms with van der Waals surface area (Å²) in [6.45, 7) is 1.94. The van der Waals surface area contributed by atoms with Crippen LogP contribution in [0.3, 0.4) is 0 Å². The van der Waals surface area contributed by atoms with E-state index in [1.807, 2.05) is 31.2 Å². The molecule has 1 aromatic carbocycles. The highest BCUT2D eigenvalue weighted by Gasteiger charge is 1.99. The summed E-state index contributed by atoms with van der Waals surface area (Å²) in [5.74, 6) is 0. The number of hydrogen-bond donors (Lipinski definition) is 1. The van der Waals surface area contributed by atoms with Crippen molar-refractivity contribution >= 4 is 6.21 Å². The molecule has 4 heteroatoms. The number of aliphatic imine (C=N–C) groups is 1. The molecule has 0 saturated heterocycles. The first-order valence-corrected chi connectivity index (χ1v) is 4.58. The molecule has 4 nitrogen and oxygen atoms in total. The van der Waals surface area contributed by atoms with E-state index in [-0.39, 0.29) is 11.4 Å². The lowest BCUT2D eigenvalue weighted by molar-refractivity contribution is 1.27. The van der Waals surface area contributed by atoms with Crippen LogP contribution in [-0.4, -0.2) is 6.21 Å². The second kappa shape index (κ2) is 5.33. The van der Waals surface area contributed by atoms with Crippen molar-refractivity contribution in [3.8, 4) is 12.1 Å². The molecule has 0 unspecified atom stereocenters. The summed E-state index contributed by atoms with van der Waals surface area (Å²) in [5.41, 5.74) is 7.00. The number of nitrogens with two attached hydrogens (primary N) is 1. The molecule has 0 spiro atoms. The van der Waals surface area contributed by atoms with Gasteiger partial charge in [0.25, 0.3) is 0 Å². The summed E-state index contributed by atoms with van der Waals surface area (Å²) < 4.78 is 0. The van der Waals surface area contributed by atoms with E-state index in [1.165, 1.54) is 6.21 Å². The van der Waals surface area contributed by atoms with Crippen LogP contribution in [0.25, 0.3) is 0 Å². The van der Waals surface area contributed by atoms with Crippen LogP contribution in [0, 0.1) is 29.6 Å². The van der Waals surface area contributed by atoms with Crippen LogP contribution in [-0.2, 0) is 0 Å². The second-order valence-electron chi connectivity index (χ2n) is 3.10. The van der Waals surface area contributed by atoms with Crippen molar-refractivity contribution in [2.24, 2.45) is 10.7 Å². The van der Waals surface area contributed by atoms with Gasteiger partial charge in [0.15, 0.2) is 5.70 Å². The fourth-order valence-electron chi connectivity index (χ4n) is 1.08. The van der Waals surface area contributed by atoms with E-state index in [0.717, 1.165) is 11.1 Å². The highest BCUT2D eigenvalue weighted by molar-refractivity contribution is 5.82. The van der Waals surface area contributed by atoms with Gasteiger partial charge in [-0.25, -0.2) is 4.99 Å². The van der Waals surface area contributed by atoms with Crippen molar-refractivity contribution < 1.29 is 0 Å². The lowest BCUT2D eigenvalue weighted by atomic mass is 10.1. The van der Waals surface area contributed by atoms with Crippen LogP contribution in [0.2, 0.25) is 0 Å². The Bertz CT molecular complexity index is 527. The van der Waals surface area contributed by atoms with Crippen molar-refractivity contribution in [2.75, 3.05) is 0 Å². The maximum absolute atomic E-state index is 8.72. The maximum atomic E-state index is 8.72. The molecule has 0 fully saturated rings. The van der Waals surface area contributed by atoms with E-state index < -0.39 is 0 Å². The Balaban J connectivity index is 3.04. The second-order valence-corrected chi connectivity index (χ2v) is 3.10. The van der Waals surface area contributed by atoms with E-state index in [1.54, 1.807) is 12.1 Å². The first-order valence-electron chi connectivity index (χ1n) is 4.58. The SMILES string of the molecule is Cc1ccccc1/C=N/C(C#N)=C(/N)C#N. The molecule has 0 bridgehead atoms. The molecule has 16 heavy (non-hydrogen) atoms. The first kappa shape index (κ1) is 11.5. The number of nitriles is 2. The molecule has 1 aromatic rings. The molecule has 0 amide bonds. The van der Waals surface area contributed by atoms with E-state index in [2.05, 4.69) is 4.99 Å². The molecular formula is C12H10N4. The minimum absolute atomic E-state index is 0.0641. The molecule has 2 N–H and O–H groups in total. The van der Waals surface area contributed by atoms with Gasteiger partial charge in [0.05, 0.1) is 0 Å². The lowest BCUT2D eigenvalue weighted by Gasteiger charge is -1.97. The van der Waals surface area contributed by atoms with Crippen molar-refractivity contribution in [2.45, 2.75) is 6.92 Å². The molecule has 0 radical (unpaired) electrons. The minimum atomic E-state index is -0.174. The lowest BCUT2D eigenvalue weighted by Crippen LogP contribution is -1.97. The molecule has 0 saturated carbocycles. The van der Waals surface area contributed by atoms with E-state index in [4.69, 9.17) is 16.3 Å². The van der Waals surface area contributed by atoms with E-state index in [0.29, 0.717) is 0 Å². The zero-order chi connectivity index (χ0) is 12.0. The van der Waals surface area contributed by atoms with Gasteiger partial charge < -0.3 is 5.73 Å². The third kappa shape index (κ3) is 2.70. The third-order valence-corrected chi connectivity index (χ3v) is 2.00. The Morgan fingerprint density at radius 1 is 1.31 bits per heavy atom. The minimum Gasteiger partial charge on any atom is -0.388 e. The van der Waals surface area contributed by atoms with Gasteiger partial charge in [-0.05, 0) is 18.1 Å². The number of rotatable bonds is 2. The van der Waals surface area contributed by atoms with Crippen LogP contribution in [0.5, 0.6) is 0 Å². The average molecular weight is 210 g/mol. The number of hydrogen-bond acceptors (Lipinski definition) is 4. The average Bonchev–Trinajstić information content (AvgIpc) is 2.31. The monoisotopic (exact) mass is 210 g/mol. The fraction of sp³-hybridized carbons (Fsp3) is 0.0833. The quantitative estimate of drug-likeness (QED) is 0.594. The Hall–Kier alpha value is -2.59. The summed E-state index contributed by atoms with van der Waals surface area (Å²) >= 11 is 0. The van der Waals surface area contributed by atoms with Crippen LogP contribution in [0.4, 0.5) is 0 Å². The van der Waals surface area contributed by atoms with Crippen LogP contribution in [0.15, 0.2) is 40.7 Å². The van der Waals surface area contributed by atoms with Crippen molar-refractivity contribution in [1.29, 1.82) is 10.5 Å². The summed E-state index contributed by atoms with van der Waals surface area (Å²) in [6, 6.07) is 11.1. The van der Waals surface area contributed by atoms with Gasteiger partial charge in [-0.1, -0.05) is 24.3 Å². The molecule has 0 aliphatic carbocycles. The van der Waals surface area contributed by atoms with E-state index in [9.17, 15) is 0 Å². The Labute approximate surface area is 94.0 Å². The Kier molecular flexibility index (Phi) is 3.83. The maximum Gasteiger partial charge on any atom is 0.174 e. The summed E-state index contributed by atoms with van der Waals surface area (Å²) in [6.07, 6.45) is 1.53. The largest absolute Gasteiger partial charge is 0.388 e. The summed E-state index contributed by atoms with van der Waals surface area (Å²) in [4.78, 5) is 3.89. The predicted molar refractivity (Wildman–Crippen MR) is 61.2 cm³/mol. The molecule has 0 aliphatic heterocycles. The van der Waals surface area contributed by atoms with Gasteiger partial charge in [-0.3, -0.25) is 0 Å². The first-order chi connectivity index (χ1) is 7.69. The Morgan fingerprint density at radius 2 is 2.00 bits per heavy atom. The topological polar surface area (TPSA) is 86.0 Å². The number of nitrogens with zero attached hydrogens (tertiary/aromatic N) is 3. The standard InChI is InChI=1S/C12H10N4/c1-9-4-2-3-5-10(9)8-16-12(7-14)11(15)6-13/h2-5,8H,15H2,1H3/b12-11+,16-8+. The Morgan fingerprint density at radius 3 is 2.56 bits per heavy atom. The molecule has 1 rings (SSSR count). The predicted octanol–water partition coefficient (Wildman–Crippen LogP) is 1.63. The van der Waals surface area contributed by atoms with Gasteiger partial charge in [0, 0.05) is 6.21 Å². The third-order valence-electron chi connectivity index (χ3n) is 2.00. The molecule has 78 valence electrons. The summed E-state index contributed by atoms with van der Waals surface area (Å²) in [7, 11) is 0. The summed E-state index contributed by atoms with van der Waals surface area (Å²) in [5, 5.41) is 17.3. The van der Waals surface area contributed by atoms with Crippen molar-refractivity contribution in [3.05, 3.63) is 46.8 Å². The smallest absolute Gasteiger partial charge is 0.174 e.